The van der Waals surface area contributed by atoms with Crippen molar-refractivity contribution in [2.45, 2.75) is 6.92 Å². The fraction of sp³-hybridized carbons (Fsp3) is 0.300. The SMILES string of the molecule is CCN1CCN(c2ccc(NC(=S)NC(=O)c3ccc(Br)cc3)cc2)CC1.Cl. The van der Waals surface area contributed by atoms with E-state index in [1.807, 2.05) is 24.3 Å². The maximum absolute atomic E-state index is 12.2. The Labute approximate surface area is 186 Å². The quantitative estimate of drug-likeness (QED) is 0.640. The summed E-state index contributed by atoms with van der Waals surface area (Å²) < 4.78 is 0.927. The molecule has 0 atom stereocenters. The van der Waals surface area contributed by atoms with E-state index in [1.165, 1.54) is 5.69 Å². The zero-order valence-corrected chi connectivity index (χ0v) is 18.9. The van der Waals surface area contributed by atoms with Crippen LogP contribution in [0.5, 0.6) is 0 Å². The maximum atomic E-state index is 12.2. The first kappa shape index (κ1) is 22.6. The summed E-state index contributed by atoms with van der Waals surface area (Å²) in [6.45, 7) is 7.60. The molecule has 5 nitrogen and oxygen atoms in total. The third kappa shape index (κ3) is 6.17. The van der Waals surface area contributed by atoms with E-state index in [-0.39, 0.29) is 23.4 Å². The number of hydrogen-bond donors (Lipinski definition) is 2. The van der Waals surface area contributed by atoms with Crippen LogP contribution in [0.15, 0.2) is 53.0 Å². The number of benzene rings is 2. The van der Waals surface area contributed by atoms with Crippen LogP contribution >= 0.6 is 40.6 Å². The second kappa shape index (κ2) is 10.8. The van der Waals surface area contributed by atoms with Crippen LogP contribution in [0.25, 0.3) is 0 Å². The lowest BCUT2D eigenvalue weighted by molar-refractivity contribution is 0.0977. The van der Waals surface area contributed by atoms with E-state index in [9.17, 15) is 4.79 Å². The fourth-order valence-electron chi connectivity index (χ4n) is 3.02. The summed E-state index contributed by atoms with van der Waals surface area (Å²) in [5.74, 6) is -0.231. The Hall–Kier alpha value is -1.67. The van der Waals surface area contributed by atoms with Crippen molar-refractivity contribution in [3.8, 4) is 0 Å². The summed E-state index contributed by atoms with van der Waals surface area (Å²) in [4.78, 5) is 17.1. The van der Waals surface area contributed by atoms with Crippen molar-refractivity contribution < 1.29 is 4.79 Å². The minimum atomic E-state index is -0.231. The summed E-state index contributed by atoms with van der Waals surface area (Å²) in [6.07, 6.45) is 0. The number of carbonyl (C=O) groups excluding carboxylic acids is 1. The molecule has 0 aromatic heterocycles. The van der Waals surface area contributed by atoms with Gasteiger partial charge in [0.25, 0.3) is 5.91 Å². The van der Waals surface area contributed by atoms with Crippen LogP contribution in [0, 0.1) is 0 Å². The van der Waals surface area contributed by atoms with Gasteiger partial charge >= 0.3 is 0 Å². The van der Waals surface area contributed by atoms with E-state index >= 15 is 0 Å². The van der Waals surface area contributed by atoms with Crippen LogP contribution in [0.1, 0.15) is 17.3 Å². The topological polar surface area (TPSA) is 47.6 Å². The number of rotatable bonds is 4. The largest absolute Gasteiger partial charge is 0.369 e. The summed E-state index contributed by atoms with van der Waals surface area (Å²) in [6, 6.07) is 15.3. The Kier molecular flexibility index (Phi) is 8.69. The average Bonchev–Trinajstić information content (AvgIpc) is 2.69. The number of thiocarbonyl (C=S) groups is 1. The first-order valence-corrected chi connectivity index (χ1v) is 10.2. The Balaban J connectivity index is 0.00000280. The Morgan fingerprint density at radius 1 is 1.04 bits per heavy atom. The van der Waals surface area contributed by atoms with E-state index in [0.29, 0.717) is 5.56 Å². The molecule has 3 rings (SSSR count). The van der Waals surface area contributed by atoms with Gasteiger partial charge in [-0.25, -0.2) is 0 Å². The second-order valence-corrected chi connectivity index (χ2v) is 7.71. The molecule has 2 N–H and O–H groups in total. The molecule has 1 heterocycles. The van der Waals surface area contributed by atoms with Gasteiger partial charge in [0.05, 0.1) is 0 Å². The van der Waals surface area contributed by atoms with Crippen LogP contribution in [-0.4, -0.2) is 48.6 Å². The summed E-state index contributed by atoms with van der Waals surface area (Å²) >= 11 is 8.61. The summed E-state index contributed by atoms with van der Waals surface area (Å²) in [5, 5.41) is 6.05. The van der Waals surface area contributed by atoms with Gasteiger partial charge in [-0.1, -0.05) is 22.9 Å². The predicted octanol–water partition coefficient (Wildman–Crippen LogP) is 4.14. The van der Waals surface area contributed by atoms with Crippen molar-refractivity contribution in [1.29, 1.82) is 0 Å². The van der Waals surface area contributed by atoms with Gasteiger partial charge in [-0.05, 0) is 67.3 Å². The van der Waals surface area contributed by atoms with Gasteiger partial charge in [-0.2, -0.15) is 0 Å². The van der Waals surface area contributed by atoms with Gasteiger partial charge in [-0.3, -0.25) is 10.1 Å². The molecular formula is C20H24BrClN4OS. The van der Waals surface area contributed by atoms with Gasteiger partial charge < -0.3 is 15.1 Å². The third-order valence-electron chi connectivity index (χ3n) is 4.64. The molecule has 0 aliphatic carbocycles. The first-order chi connectivity index (χ1) is 13.0. The Morgan fingerprint density at radius 3 is 2.21 bits per heavy atom. The highest BCUT2D eigenvalue weighted by atomic mass is 79.9. The Bertz CT molecular complexity index is 793. The van der Waals surface area contributed by atoms with Crippen molar-refractivity contribution in [2.75, 3.05) is 42.9 Å². The van der Waals surface area contributed by atoms with E-state index in [0.717, 1.165) is 42.9 Å². The molecule has 150 valence electrons. The van der Waals surface area contributed by atoms with E-state index in [2.05, 4.69) is 55.4 Å². The van der Waals surface area contributed by atoms with Gasteiger partial charge in [-0.15, -0.1) is 12.4 Å². The van der Waals surface area contributed by atoms with Crippen molar-refractivity contribution in [2.24, 2.45) is 0 Å². The lowest BCUT2D eigenvalue weighted by Crippen LogP contribution is -2.46. The number of anilines is 2. The highest BCUT2D eigenvalue weighted by Crippen LogP contribution is 2.19. The molecule has 1 aliphatic heterocycles. The van der Waals surface area contributed by atoms with Crippen molar-refractivity contribution in [3.63, 3.8) is 0 Å². The van der Waals surface area contributed by atoms with E-state index in [1.54, 1.807) is 12.1 Å². The molecule has 0 spiro atoms. The zero-order valence-electron chi connectivity index (χ0n) is 15.7. The molecule has 1 amide bonds. The van der Waals surface area contributed by atoms with Crippen LogP contribution in [0.3, 0.4) is 0 Å². The molecule has 1 fully saturated rings. The van der Waals surface area contributed by atoms with Crippen molar-refractivity contribution in [3.05, 3.63) is 58.6 Å². The number of nitrogens with zero attached hydrogens (tertiary/aromatic N) is 2. The van der Waals surface area contributed by atoms with Gasteiger partial charge in [0.2, 0.25) is 0 Å². The molecule has 0 saturated carbocycles. The number of piperazine rings is 1. The lowest BCUT2D eigenvalue weighted by Gasteiger charge is -2.35. The highest BCUT2D eigenvalue weighted by molar-refractivity contribution is 9.10. The summed E-state index contributed by atoms with van der Waals surface area (Å²) in [5.41, 5.74) is 2.62. The van der Waals surface area contributed by atoms with E-state index in [4.69, 9.17) is 12.2 Å². The van der Waals surface area contributed by atoms with Gasteiger partial charge in [0.1, 0.15) is 0 Å². The predicted molar refractivity (Wildman–Crippen MR) is 126 cm³/mol. The molecule has 1 saturated heterocycles. The molecule has 0 radical (unpaired) electrons. The first-order valence-electron chi connectivity index (χ1n) is 9.00. The van der Waals surface area contributed by atoms with Gasteiger partial charge in [0, 0.05) is 47.6 Å². The molecule has 2 aromatic carbocycles. The standard InChI is InChI=1S/C20H23BrN4OS.ClH/c1-2-24-11-13-25(14-12-24)18-9-7-17(8-10-18)22-20(27)23-19(26)15-3-5-16(21)6-4-15;/h3-10H,2,11-14H2,1H3,(H2,22,23,26,27);1H. The van der Waals surface area contributed by atoms with Crippen LogP contribution in [0.2, 0.25) is 0 Å². The molecule has 8 heteroatoms. The van der Waals surface area contributed by atoms with Crippen LogP contribution in [0.4, 0.5) is 11.4 Å². The van der Waals surface area contributed by atoms with Crippen molar-refractivity contribution >= 4 is 62.9 Å². The van der Waals surface area contributed by atoms with Crippen LogP contribution < -0.4 is 15.5 Å². The number of hydrogen-bond acceptors (Lipinski definition) is 4. The smallest absolute Gasteiger partial charge is 0.257 e. The molecule has 0 unspecified atom stereocenters. The molecule has 2 aromatic rings. The number of nitrogens with one attached hydrogen (secondary N) is 2. The highest BCUT2D eigenvalue weighted by Gasteiger charge is 2.15. The monoisotopic (exact) mass is 482 g/mol. The van der Waals surface area contributed by atoms with Crippen LogP contribution in [-0.2, 0) is 0 Å². The Morgan fingerprint density at radius 2 is 1.64 bits per heavy atom. The van der Waals surface area contributed by atoms with Crippen molar-refractivity contribution in [1.82, 2.24) is 10.2 Å². The molecule has 28 heavy (non-hydrogen) atoms. The second-order valence-electron chi connectivity index (χ2n) is 6.38. The molecule has 1 aliphatic rings. The zero-order chi connectivity index (χ0) is 19.2. The molecular weight excluding hydrogens is 460 g/mol. The fourth-order valence-corrected chi connectivity index (χ4v) is 3.49. The minimum Gasteiger partial charge on any atom is -0.369 e. The minimum absolute atomic E-state index is 0. The number of likely N-dealkylation sites (N-methyl/N-ethyl adjacent to an activating group) is 1. The normalized spacial score (nSPS) is 14.1. The van der Waals surface area contributed by atoms with E-state index < -0.39 is 0 Å². The summed E-state index contributed by atoms with van der Waals surface area (Å²) in [7, 11) is 0. The lowest BCUT2D eigenvalue weighted by atomic mass is 10.2. The van der Waals surface area contributed by atoms with Gasteiger partial charge in [0.15, 0.2) is 5.11 Å². The number of carbonyl (C=O) groups is 1. The maximum Gasteiger partial charge on any atom is 0.257 e. The number of amides is 1. The average molecular weight is 484 g/mol. The molecule has 0 bridgehead atoms. The number of halogens is 2. The third-order valence-corrected chi connectivity index (χ3v) is 5.38.